The summed E-state index contributed by atoms with van der Waals surface area (Å²) in [4.78, 5) is 0. The van der Waals surface area contributed by atoms with Crippen molar-refractivity contribution in [3.63, 3.8) is 0 Å². The van der Waals surface area contributed by atoms with Crippen LogP contribution >= 0.6 is 0 Å². The SMILES string of the molecule is CC(C)NS(=O)(=O)NCc1ccc(CCN)cc1. The zero-order valence-corrected chi connectivity index (χ0v) is 11.6. The first-order chi connectivity index (χ1) is 8.43. The molecule has 0 aliphatic carbocycles. The van der Waals surface area contributed by atoms with Gasteiger partial charge in [-0.05, 0) is 37.9 Å². The van der Waals surface area contributed by atoms with Gasteiger partial charge in [-0.2, -0.15) is 17.9 Å². The van der Waals surface area contributed by atoms with Gasteiger partial charge in [-0.25, -0.2) is 0 Å². The molecule has 0 radical (unpaired) electrons. The van der Waals surface area contributed by atoms with E-state index in [4.69, 9.17) is 5.73 Å². The summed E-state index contributed by atoms with van der Waals surface area (Å²) in [6.45, 7) is 4.46. The molecular formula is C12H21N3O2S. The van der Waals surface area contributed by atoms with E-state index in [1.54, 1.807) is 13.8 Å². The van der Waals surface area contributed by atoms with Gasteiger partial charge in [-0.15, -0.1) is 0 Å². The zero-order chi connectivity index (χ0) is 13.6. The van der Waals surface area contributed by atoms with Gasteiger partial charge in [-0.3, -0.25) is 0 Å². The Balaban J connectivity index is 2.53. The van der Waals surface area contributed by atoms with Crippen molar-refractivity contribution in [1.29, 1.82) is 0 Å². The van der Waals surface area contributed by atoms with Crippen LogP contribution in [-0.4, -0.2) is 21.0 Å². The second-order valence-corrected chi connectivity index (χ2v) is 5.98. The van der Waals surface area contributed by atoms with Gasteiger partial charge in [-0.1, -0.05) is 24.3 Å². The Kier molecular flexibility index (Phi) is 5.74. The molecule has 0 atom stereocenters. The number of nitrogens with two attached hydrogens (primary N) is 1. The predicted octanol–water partition coefficient (Wildman–Crippen LogP) is 0.520. The maximum atomic E-state index is 11.5. The highest BCUT2D eigenvalue weighted by atomic mass is 32.2. The average Bonchev–Trinajstić information content (AvgIpc) is 2.27. The van der Waals surface area contributed by atoms with E-state index in [9.17, 15) is 8.42 Å². The van der Waals surface area contributed by atoms with E-state index in [0.717, 1.165) is 17.5 Å². The fraction of sp³-hybridized carbons (Fsp3) is 0.500. The van der Waals surface area contributed by atoms with Gasteiger partial charge in [0.15, 0.2) is 0 Å². The monoisotopic (exact) mass is 271 g/mol. The van der Waals surface area contributed by atoms with E-state index < -0.39 is 10.2 Å². The number of benzene rings is 1. The minimum absolute atomic E-state index is 0.116. The molecule has 1 aromatic rings. The van der Waals surface area contributed by atoms with E-state index in [-0.39, 0.29) is 12.6 Å². The summed E-state index contributed by atoms with van der Waals surface area (Å²) in [6.07, 6.45) is 0.834. The zero-order valence-electron chi connectivity index (χ0n) is 10.8. The van der Waals surface area contributed by atoms with E-state index in [0.29, 0.717) is 6.54 Å². The highest BCUT2D eigenvalue weighted by Gasteiger charge is 2.10. The maximum Gasteiger partial charge on any atom is 0.277 e. The molecule has 0 fully saturated rings. The van der Waals surface area contributed by atoms with E-state index >= 15 is 0 Å². The molecule has 1 aromatic carbocycles. The van der Waals surface area contributed by atoms with E-state index in [2.05, 4.69) is 9.44 Å². The van der Waals surface area contributed by atoms with Gasteiger partial charge in [0, 0.05) is 12.6 Å². The Morgan fingerprint density at radius 1 is 1.17 bits per heavy atom. The Bertz CT molecular complexity index is 455. The standard InChI is InChI=1S/C12H21N3O2S/c1-10(2)15-18(16,17)14-9-12-5-3-11(4-6-12)7-8-13/h3-6,10,14-15H,7-9,13H2,1-2H3. The molecule has 102 valence electrons. The molecule has 0 amide bonds. The molecule has 0 bridgehead atoms. The van der Waals surface area contributed by atoms with Crippen molar-refractivity contribution >= 4 is 10.2 Å². The lowest BCUT2D eigenvalue weighted by atomic mass is 10.1. The summed E-state index contributed by atoms with van der Waals surface area (Å²) in [5.74, 6) is 0. The molecule has 4 N–H and O–H groups in total. The molecule has 0 aromatic heterocycles. The first-order valence-corrected chi connectivity index (χ1v) is 7.46. The summed E-state index contributed by atoms with van der Waals surface area (Å²) in [7, 11) is -3.42. The van der Waals surface area contributed by atoms with Gasteiger partial charge in [0.2, 0.25) is 0 Å². The number of hydrogen-bond donors (Lipinski definition) is 3. The molecule has 0 aliphatic heterocycles. The Hall–Kier alpha value is -0.950. The Labute approximate surface area is 109 Å². The fourth-order valence-corrected chi connectivity index (χ4v) is 2.58. The minimum atomic E-state index is -3.42. The van der Waals surface area contributed by atoms with Gasteiger partial charge < -0.3 is 5.73 Å². The minimum Gasteiger partial charge on any atom is -0.330 e. The molecule has 0 saturated heterocycles. The lowest BCUT2D eigenvalue weighted by molar-refractivity contribution is 0.554. The normalized spacial score (nSPS) is 12.0. The summed E-state index contributed by atoms with van der Waals surface area (Å²) in [5, 5.41) is 0. The highest BCUT2D eigenvalue weighted by molar-refractivity contribution is 7.87. The van der Waals surface area contributed by atoms with E-state index in [1.165, 1.54) is 0 Å². The topological polar surface area (TPSA) is 84.2 Å². The molecule has 0 aliphatic rings. The van der Waals surface area contributed by atoms with E-state index in [1.807, 2.05) is 24.3 Å². The predicted molar refractivity (Wildman–Crippen MR) is 73.2 cm³/mol. The lowest BCUT2D eigenvalue weighted by Gasteiger charge is -2.10. The second-order valence-electron chi connectivity index (χ2n) is 4.45. The molecule has 0 saturated carbocycles. The van der Waals surface area contributed by atoms with Crippen LogP contribution in [0, 0.1) is 0 Å². The summed E-state index contributed by atoms with van der Waals surface area (Å²) in [5.41, 5.74) is 7.54. The molecule has 1 rings (SSSR count). The third-order valence-electron chi connectivity index (χ3n) is 2.31. The molecule has 0 heterocycles. The van der Waals surface area contributed by atoms with Gasteiger partial charge in [0.25, 0.3) is 10.2 Å². The summed E-state index contributed by atoms with van der Waals surface area (Å²) < 4.78 is 28.1. The first kappa shape index (κ1) is 15.1. The van der Waals surface area contributed by atoms with Crippen LogP contribution in [-0.2, 0) is 23.2 Å². The van der Waals surface area contributed by atoms with Crippen LogP contribution in [0.5, 0.6) is 0 Å². The third kappa shape index (κ3) is 5.59. The summed E-state index contributed by atoms with van der Waals surface area (Å²) >= 11 is 0. The largest absolute Gasteiger partial charge is 0.330 e. The maximum absolute atomic E-state index is 11.5. The van der Waals surface area contributed by atoms with Crippen molar-refractivity contribution < 1.29 is 8.42 Å². The first-order valence-electron chi connectivity index (χ1n) is 5.98. The van der Waals surface area contributed by atoms with Crippen LogP contribution in [0.15, 0.2) is 24.3 Å². The van der Waals surface area contributed by atoms with Crippen molar-refractivity contribution in [2.75, 3.05) is 6.54 Å². The van der Waals surface area contributed by atoms with Crippen LogP contribution in [0.25, 0.3) is 0 Å². The Morgan fingerprint density at radius 2 is 1.72 bits per heavy atom. The van der Waals surface area contributed by atoms with Crippen LogP contribution in [0.1, 0.15) is 25.0 Å². The van der Waals surface area contributed by atoms with Gasteiger partial charge in [0.05, 0.1) is 0 Å². The van der Waals surface area contributed by atoms with Crippen molar-refractivity contribution in [1.82, 2.24) is 9.44 Å². The lowest BCUT2D eigenvalue weighted by Crippen LogP contribution is -2.39. The highest BCUT2D eigenvalue weighted by Crippen LogP contribution is 2.04. The van der Waals surface area contributed by atoms with Crippen LogP contribution < -0.4 is 15.2 Å². The molecule has 0 spiro atoms. The van der Waals surface area contributed by atoms with Crippen molar-refractivity contribution in [2.24, 2.45) is 5.73 Å². The quantitative estimate of drug-likeness (QED) is 0.676. The summed E-state index contributed by atoms with van der Waals surface area (Å²) in [6, 6.07) is 7.62. The molecular weight excluding hydrogens is 250 g/mol. The molecule has 0 unspecified atom stereocenters. The van der Waals surface area contributed by atoms with Crippen LogP contribution in [0.3, 0.4) is 0 Å². The molecule has 6 heteroatoms. The smallest absolute Gasteiger partial charge is 0.277 e. The van der Waals surface area contributed by atoms with Crippen molar-refractivity contribution in [3.8, 4) is 0 Å². The second kappa shape index (κ2) is 6.84. The Morgan fingerprint density at radius 3 is 2.22 bits per heavy atom. The molecule has 5 nitrogen and oxygen atoms in total. The van der Waals surface area contributed by atoms with Gasteiger partial charge >= 0.3 is 0 Å². The fourth-order valence-electron chi connectivity index (χ4n) is 1.52. The number of nitrogens with one attached hydrogen (secondary N) is 2. The van der Waals surface area contributed by atoms with Crippen molar-refractivity contribution in [2.45, 2.75) is 32.9 Å². The third-order valence-corrected chi connectivity index (χ3v) is 3.62. The number of hydrogen-bond acceptors (Lipinski definition) is 3. The van der Waals surface area contributed by atoms with Crippen LogP contribution in [0.4, 0.5) is 0 Å². The van der Waals surface area contributed by atoms with Gasteiger partial charge in [0.1, 0.15) is 0 Å². The van der Waals surface area contributed by atoms with Crippen molar-refractivity contribution in [3.05, 3.63) is 35.4 Å². The van der Waals surface area contributed by atoms with Crippen LogP contribution in [0.2, 0.25) is 0 Å². The number of rotatable bonds is 7. The average molecular weight is 271 g/mol. The molecule has 18 heavy (non-hydrogen) atoms.